The van der Waals surface area contributed by atoms with E-state index in [2.05, 4.69) is 53.1 Å². The molecule has 0 saturated heterocycles. The summed E-state index contributed by atoms with van der Waals surface area (Å²) in [6.45, 7) is 7.74. The van der Waals surface area contributed by atoms with Gasteiger partial charge in [-0.05, 0) is 56.7 Å². The summed E-state index contributed by atoms with van der Waals surface area (Å²) in [5.41, 5.74) is 2.20. The number of ether oxygens (including phenoxy) is 1. The first-order valence-electron chi connectivity index (χ1n) is 7.00. The molecule has 0 aliphatic heterocycles. The average molecular weight is 349 g/mol. The minimum absolute atomic E-state index is 0.0876. The average Bonchev–Trinajstić information content (AvgIpc) is 2.45. The van der Waals surface area contributed by atoms with Crippen molar-refractivity contribution in [2.75, 3.05) is 0 Å². The molecule has 1 heterocycles. The molecule has 0 atom stereocenters. The first-order chi connectivity index (χ1) is 9.94. The maximum absolute atomic E-state index is 5.81. The van der Waals surface area contributed by atoms with Crippen molar-refractivity contribution in [2.45, 2.75) is 39.5 Å². The molecule has 2 aromatic rings. The van der Waals surface area contributed by atoms with Crippen LogP contribution < -0.4 is 10.1 Å². The minimum Gasteiger partial charge on any atom is -0.487 e. The van der Waals surface area contributed by atoms with Crippen molar-refractivity contribution in [1.82, 2.24) is 10.3 Å². The number of nitrogens with zero attached hydrogens (tertiary/aromatic N) is 1. The fourth-order valence-electron chi connectivity index (χ4n) is 1.78. The second-order valence-electron chi connectivity index (χ2n) is 5.97. The molecule has 0 aliphatic carbocycles. The van der Waals surface area contributed by atoms with Crippen molar-refractivity contribution >= 4 is 15.9 Å². The van der Waals surface area contributed by atoms with Crippen LogP contribution in [-0.2, 0) is 13.2 Å². The Labute approximate surface area is 134 Å². The van der Waals surface area contributed by atoms with E-state index in [0.717, 1.165) is 22.5 Å². The molecule has 0 amide bonds. The van der Waals surface area contributed by atoms with E-state index in [1.54, 1.807) is 6.20 Å². The van der Waals surface area contributed by atoms with Crippen molar-refractivity contribution in [3.8, 4) is 5.75 Å². The van der Waals surface area contributed by atoms with E-state index in [1.165, 1.54) is 5.56 Å². The molecular formula is C17H21BrN2O. The Bertz CT molecular complexity index is 579. The summed E-state index contributed by atoms with van der Waals surface area (Å²) in [6.07, 6.45) is 1.78. The monoisotopic (exact) mass is 348 g/mol. The van der Waals surface area contributed by atoms with E-state index in [0.29, 0.717) is 6.61 Å². The maximum Gasteiger partial charge on any atom is 0.130 e. The summed E-state index contributed by atoms with van der Waals surface area (Å²) < 4.78 is 6.90. The van der Waals surface area contributed by atoms with Gasteiger partial charge in [0.05, 0.1) is 5.69 Å². The second-order valence-corrected chi connectivity index (χ2v) is 6.82. The van der Waals surface area contributed by atoms with Gasteiger partial charge in [0.1, 0.15) is 12.4 Å². The van der Waals surface area contributed by atoms with Crippen LogP contribution in [0.3, 0.4) is 0 Å². The minimum atomic E-state index is 0.0876. The lowest BCUT2D eigenvalue weighted by atomic mass is 10.1. The third-order valence-corrected chi connectivity index (χ3v) is 3.71. The van der Waals surface area contributed by atoms with Gasteiger partial charge in [-0.2, -0.15) is 0 Å². The molecule has 0 radical (unpaired) electrons. The van der Waals surface area contributed by atoms with Crippen LogP contribution in [0.25, 0.3) is 0 Å². The van der Waals surface area contributed by atoms with Gasteiger partial charge in [-0.25, -0.2) is 0 Å². The van der Waals surface area contributed by atoms with Crippen LogP contribution in [0.2, 0.25) is 0 Å². The van der Waals surface area contributed by atoms with E-state index >= 15 is 0 Å². The molecule has 1 aromatic heterocycles. The fraction of sp³-hybridized carbons (Fsp3) is 0.353. The van der Waals surface area contributed by atoms with Crippen LogP contribution in [0.15, 0.2) is 47.1 Å². The van der Waals surface area contributed by atoms with Crippen molar-refractivity contribution in [1.29, 1.82) is 0 Å². The van der Waals surface area contributed by atoms with Gasteiger partial charge in [-0.15, -0.1) is 0 Å². The van der Waals surface area contributed by atoms with Gasteiger partial charge in [0.25, 0.3) is 0 Å². The number of halogens is 1. The van der Waals surface area contributed by atoms with Crippen LogP contribution in [-0.4, -0.2) is 10.5 Å². The molecule has 0 saturated carbocycles. The highest BCUT2D eigenvalue weighted by atomic mass is 79.9. The number of nitrogens with one attached hydrogen (secondary N) is 1. The van der Waals surface area contributed by atoms with E-state index in [1.807, 2.05) is 30.3 Å². The summed E-state index contributed by atoms with van der Waals surface area (Å²) in [4.78, 5) is 4.26. The van der Waals surface area contributed by atoms with Gasteiger partial charge >= 0.3 is 0 Å². The Morgan fingerprint density at radius 2 is 2.00 bits per heavy atom. The van der Waals surface area contributed by atoms with Crippen LogP contribution in [0.1, 0.15) is 32.0 Å². The SMILES string of the molecule is CC(C)(C)NCc1cc(OCc2ccccn2)ccc1Br. The van der Waals surface area contributed by atoms with Gasteiger partial charge in [-0.1, -0.05) is 22.0 Å². The van der Waals surface area contributed by atoms with Crippen molar-refractivity contribution in [3.05, 3.63) is 58.3 Å². The smallest absolute Gasteiger partial charge is 0.130 e. The number of aromatic nitrogens is 1. The maximum atomic E-state index is 5.81. The normalized spacial score (nSPS) is 11.4. The lowest BCUT2D eigenvalue weighted by Crippen LogP contribution is -2.35. The van der Waals surface area contributed by atoms with Gasteiger partial charge < -0.3 is 10.1 Å². The molecule has 0 bridgehead atoms. The summed E-state index contributed by atoms with van der Waals surface area (Å²) in [5, 5.41) is 3.48. The standard InChI is InChI=1S/C17H21BrN2O/c1-17(2,3)20-11-13-10-15(7-8-16(13)18)21-12-14-6-4-5-9-19-14/h4-10,20H,11-12H2,1-3H3. The van der Waals surface area contributed by atoms with Crippen LogP contribution in [0.4, 0.5) is 0 Å². The van der Waals surface area contributed by atoms with Crippen molar-refractivity contribution < 1.29 is 4.74 Å². The van der Waals surface area contributed by atoms with E-state index in [-0.39, 0.29) is 5.54 Å². The summed E-state index contributed by atoms with van der Waals surface area (Å²) in [5.74, 6) is 0.856. The topological polar surface area (TPSA) is 34.1 Å². The molecule has 21 heavy (non-hydrogen) atoms. The molecule has 0 fully saturated rings. The van der Waals surface area contributed by atoms with Gasteiger partial charge in [-0.3, -0.25) is 4.98 Å². The molecule has 0 spiro atoms. The molecule has 0 unspecified atom stereocenters. The molecule has 0 aliphatic rings. The van der Waals surface area contributed by atoms with Crippen LogP contribution >= 0.6 is 15.9 Å². The van der Waals surface area contributed by atoms with E-state index < -0.39 is 0 Å². The summed E-state index contributed by atoms with van der Waals surface area (Å²) in [7, 11) is 0. The number of benzene rings is 1. The second kappa shape index (κ2) is 7.05. The largest absolute Gasteiger partial charge is 0.487 e. The van der Waals surface area contributed by atoms with Crippen LogP contribution in [0, 0.1) is 0 Å². The van der Waals surface area contributed by atoms with Gasteiger partial charge in [0, 0.05) is 22.8 Å². The number of pyridine rings is 1. The molecule has 4 heteroatoms. The first-order valence-corrected chi connectivity index (χ1v) is 7.79. The van der Waals surface area contributed by atoms with Gasteiger partial charge in [0.2, 0.25) is 0 Å². The zero-order chi connectivity index (χ0) is 15.3. The fourth-order valence-corrected chi connectivity index (χ4v) is 2.16. The molecule has 3 nitrogen and oxygen atoms in total. The Morgan fingerprint density at radius 3 is 2.67 bits per heavy atom. The number of rotatable bonds is 5. The molecule has 112 valence electrons. The Kier molecular flexibility index (Phi) is 5.37. The molecule has 1 aromatic carbocycles. The quantitative estimate of drug-likeness (QED) is 0.873. The third kappa shape index (κ3) is 5.48. The van der Waals surface area contributed by atoms with E-state index in [9.17, 15) is 0 Å². The van der Waals surface area contributed by atoms with Crippen molar-refractivity contribution in [3.63, 3.8) is 0 Å². The number of hydrogen-bond donors (Lipinski definition) is 1. The predicted octanol–water partition coefficient (Wildman–Crippen LogP) is 4.31. The Balaban J connectivity index is 2.01. The Morgan fingerprint density at radius 1 is 1.19 bits per heavy atom. The zero-order valence-corrected chi connectivity index (χ0v) is 14.3. The molecular weight excluding hydrogens is 328 g/mol. The zero-order valence-electron chi connectivity index (χ0n) is 12.7. The Hall–Kier alpha value is -1.39. The summed E-state index contributed by atoms with van der Waals surface area (Å²) >= 11 is 3.59. The molecule has 2 rings (SSSR count). The lowest BCUT2D eigenvalue weighted by Gasteiger charge is -2.21. The molecule has 1 N–H and O–H groups in total. The first kappa shape index (κ1) is 16.0. The highest BCUT2D eigenvalue weighted by molar-refractivity contribution is 9.10. The van der Waals surface area contributed by atoms with E-state index in [4.69, 9.17) is 4.74 Å². The van der Waals surface area contributed by atoms with Gasteiger partial charge in [0.15, 0.2) is 0 Å². The number of hydrogen-bond acceptors (Lipinski definition) is 3. The highest BCUT2D eigenvalue weighted by Crippen LogP contribution is 2.23. The summed E-state index contributed by atoms with van der Waals surface area (Å²) in [6, 6.07) is 11.9. The van der Waals surface area contributed by atoms with Crippen molar-refractivity contribution in [2.24, 2.45) is 0 Å². The highest BCUT2D eigenvalue weighted by Gasteiger charge is 2.10. The third-order valence-electron chi connectivity index (χ3n) is 2.94. The lowest BCUT2D eigenvalue weighted by molar-refractivity contribution is 0.300. The van der Waals surface area contributed by atoms with Crippen LogP contribution in [0.5, 0.6) is 5.75 Å². The predicted molar refractivity (Wildman–Crippen MR) is 89.3 cm³/mol.